The van der Waals surface area contributed by atoms with Gasteiger partial charge < -0.3 is 5.32 Å². The van der Waals surface area contributed by atoms with Crippen LogP contribution in [0.2, 0.25) is 0 Å². The van der Waals surface area contributed by atoms with Crippen molar-refractivity contribution in [1.82, 2.24) is 25.5 Å². The summed E-state index contributed by atoms with van der Waals surface area (Å²) in [6, 6.07) is 0.683. The molecule has 7 nitrogen and oxygen atoms in total. The molecule has 0 spiro atoms. The summed E-state index contributed by atoms with van der Waals surface area (Å²) in [4.78, 5) is 0. The van der Waals surface area contributed by atoms with Crippen molar-refractivity contribution in [3.8, 4) is 0 Å². The van der Waals surface area contributed by atoms with Gasteiger partial charge in [0, 0.05) is 24.6 Å². The van der Waals surface area contributed by atoms with Gasteiger partial charge in [-0.3, -0.25) is 0 Å². The van der Waals surface area contributed by atoms with Crippen LogP contribution in [-0.4, -0.2) is 59.0 Å². The minimum Gasteiger partial charge on any atom is -0.312 e. The lowest BCUT2D eigenvalue weighted by atomic mass is 10.6. The summed E-state index contributed by atoms with van der Waals surface area (Å²) in [5, 5.41) is 15.7. The summed E-state index contributed by atoms with van der Waals surface area (Å²) in [5.41, 5.74) is 0. The predicted octanol–water partition coefficient (Wildman–Crippen LogP) is -0.0481. The number of hydrogen-bond acceptors (Lipinski definition) is 7. The molecule has 1 aromatic heterocycles. The third-order valence-corrected chi connectivity index (χ3v) is 4.80. The van der Waals surface area contributed by atoms with E-state index in [4.69, 9.17) is 0 Å². The fraction of sp³-hybridized carbons (Fsp3) is 0.900. The molecule has 1 heterocycles. The fourth-order valence-corrected chi connectivity index (χ4v) is 3.28. The van der Waals surface area contributed by atoms with Gasteiger partial charge in [0.05, 0.1) is 12.3 Å². The first-order valence-corrected chi connectivity index (χ1v) is 9.39. The van der Waals surface area contributed by atoms with Gasteiger partial charge in [-0.25, -0.2) is 13.1 Å². The first-order chi connectivity index (χ1) is 9.04. The number of hydrogen-bond donors (Lipinski definition) is 1. The summed E-state index contributed by atoms with van der Waals surface area (Å²) < 4.78 is 23.8. The molecule has 1 fully saturated rings. The lowest BCUT2D eigenvalue weighted by Crippen LogP contribution is -2.22. The molecule has 2 rings (SSSR count). The minimum atomic E-state index is -2.87. The van der Waals surface area contributed by atoms with Gasteiger partial charge in [0.1, 0.15) is 9.84 Å². The largest absolute Gasteiger partial charge is 0.312 e. The number of sulfone groups is 1. The van der Waals surface area contributed by atoms with E-state index in [0.717, 1.165) is 18.2 Å². The van der Waals surface area contributed by atoms with Crippen molar-refractivity contribution in [3.05, 3.63) is 0 Å². The van der Waals surface area contributed by atoms with Crippen LogP contribution in [0.3, 0.4) is 0 Å². The summed E-state index contributed by atoms with van der Waals surface area (Å²) >= 11 is 1.50. The quantitative estimate of drug-likeness (QED) is 0.505. The average Bonchev–Trinajstić information content (AvgIpc) is 3.03. The van der Waals surface area contributed by atoms with Gasteiger partial charge >= 0.3 is 0 Å². The summed E-state index contributed by atoms with van der Waals surface area (Å²) in [6.07, 6.45) is 4.41. The molecule has 0 unspecified atom stereocenters. The molecule has 0 aliphatic heterocycles. The van der Waals surface area contributed by atoms with E-state index in [1.807, 2.05) is 0 Å². The normalized spacial score (nSPS) is 15.8. The van der Waals surface area contributed by atoms with Crippen LogP contribution in [0.1, 0.15) is 19.3 Å². The summed E-state index contributed by atoms with van der Waals surface area (Å²) in [6.45, 7) is 1.62. The molecule has 108 valence electrons. The Morgan fingerprint density at radius 1 is 1.47 bits per heavy atom. The second-order valence-corrected chi connectivity index (χ2v) is 8.07. The highest BCUT2D eigenvalue weighted by Gasteiger charge is 2.20. The summed E-state index contributed by atoms with van der Waals surface area (Å²) in [5.74, 6) is 0.925. The van der Waals surface area contributed by atoms with Crippen LogP contribution < -0.4 is 5.32 Å². The fourth-order valence-electron chi connectivity index (χ4n) is 1.59. The van der Waals surface area contributed by atoms with E-state index in [-0.39, 0.29) is 5.75 Å². The molecule has 1 N–H and O–H groups in total. The highest BCUT2D eigenvalue weighted by molar-refractivity contribution is 7.99. The minimum absolute atomic E-state index is 0.213. The monoisotopic (exact) mass is 305 g/mol. The Labute approximate surface area is 117 Å². The number of aromatic nitrogens is 4. The van der Waals surface area contributed by atoms with Crippen molar-refractivity contribution in [1.29, 1.82) is 0 Å². The van der Waals surface area contributed by atoms with Crippen molar-refractivity contribution in [2.24, 2.45) is 0 Å². The number of thioether (sulfide) groups is 1. The van der Waals surface area contributed by atoms with Crippen LogP contribution in [0, 0.1) is 0 Å². The van der Waals surface area contributed by atoms with Gasteiger partial charge in [0.15, 0.2) is 0 Å². The van der Waals surface area contributed by atoms with Gasteiger partial charge in [-0.05, 0) is 29.7 Å². The van der Waals surface area contributed by atoms with E-state index in [0.29, 0.717) is 18.2 Å². The molecule has 0 amide bonds. The van der Waals surface area contributed by atoms with Crippen molar-refractivity contribution < 1.29 is 8.42 Å². The van der Waals surface area contributed by atoms with Gasteiger partial charge in [-0.15, -0.1) is 5.10 Å². The zero-order valence-corrected chi connectivity index (χ0v) is 12.6. The lowest BCUT2D eigenvalue weighted by Gasteiger charge is -2.05. The van der Waals surface area contributed by atoms with E-state index < -0.39 is 9.84 Å². The Hall–Kier alpha value is -0.670. The number of nitrogens with one attached hydrogen (secondary N) is 1. The molecule has 1 aromatic rings. The standard InChI is InChI=1S/C10H19N5O2S2/c1-19(16,17)8-2-7-18-10-12-13-14-15(10)6-5-11-9-3-4-9/h9,11H,2-8H2,1H3. The second kappa shape index (κ2) is 6.67. The zero-order valence-electron chi connectivity index (χ0n) is 10.9. The molecule has 0 bridgehead atoms. The summed E-state index contributed by atoms with van der Waals surface area (Å²) in [7, 11) is -2.87. The molecular formula is C10H19N5O2S2. The highest BCUT2D eigenvalue weighted by Crippen LogP contribution is 2.18. The Morgan fingerprint density at radius 2 is 2.26 bits per heavy atom. The first-order valence-electron chi connectivity index (χ1n) is 6.35. The molecule has 0 radical (unpaired) electrons. The van der Waals surface area contributed by atoms with E-state index in [2.05, 4.69) is 20.8 Å². The van der Waals surface area contributed by atoms with E-state index in [1.54, 1.807) is 4.68 Å². The molecule has 0 saturated heterocycles. The van der Waals surface area contributed by atoms with Gasteiger partial charge in [-0.1, -0.05) is 11.8 Å². The molecule has 0 aromatic carbocycles. The Kier molecular flexibility index (Phi) is 5.17. The smallest absolute Gasteiger partial charge is 0.209 e. The molecule has 0 atom stereocenters. The highest BCUT2D eigenvalue weighted by atomic mass is 32.2. The van der Waals surface area contributed by atoms with Crippen molar-refractivity contribution in [3.63, 3.8) is 0 Å². The molecule has 19 heavy (non-hydrogen) atoms. The maximum absolute atomic E-state index is 11.0. The Balaban J connectivity index is 1.69. The van der Waals surface area contributed by atoms with Crippen LogP contribution in [0.15, 0.2) is 5.16 Å². The molecule has 1 saturated carbocycles. The molecule has 1 aliphatic carbocycles. The van der Waals surface area contributed by atoms with Gasteiger partial charge in [0.2, 0.25) is 5.16 Å². The van der Waals surface area contributed by atoms with Crippen LogP contribution in [0.25, 0.3) is 0 Å². The van der Waals surface area contributed by atoms with Crippen LogP contribution in [0.4, 0.5) is 0 Å². The maximum Gasteiger partial charge on any atom is 0.209 e. The van der Waals surface area contributed by atoms with Crippen LogP contribution in [0.5, 0.6) is 0 Å². The molecular weight excluding hydrogens is 286 g/mol. The maximum atomic E-state index is 11.0. The second-order valence-electron chi connectivity index (χ2n) is 4.74. The zero-order chi connectivity index (χ0) is 13.7. The van der Waals surface area contributed by atoms with Gasteiger partial charge in [-0.2, -0.15) is 0 Å². The number of rotatable bonds is 9. The first kappa shape index (κ1) is 14.7. The molecule has 9 heteroatoms. The molecule has 1 aliphatic rings. The van der Waals surface area contributed by atoms with Crippen molar-refractivity contribution in [2.75, 3.05) is 24.3 Å². The van der Waals surface area contributed by atoms with Crippen LogP contribution in [-0.2, 0) is 16.4 Å². The topological polar surface area (TPSA) is 89.8 Å². The SMILES string of the molecule is CS(=O)(=O)CCCSc1nnnn1CCNC1CC1. The number of nitrogens with zero attached hydrogens (tertiary/aromatic N) is 4. The Morgan fingerprint density at radius 3 is 2.95 bits per heavy atom. The Bertz CT molecular complexity index is 498. The third-order valence-electron chi connectivity index (χ3n) is 2.72. The third kappa shape index (κ3) is 5.87. The van der Waals surface area contributed by atoms with E-state index >= 15 is 0 Å². The predicted molar refractivity (Wildman–Crippen MR) is 73.9 cm³/mol. The average molecular weight is 305 g/mol. The number of tetrazole rings is 1. The van der Waals surface area contributed by atoms with Gasteiger partial charge in [0.25, 0.3) is 0 Å². The van der Waals surface area contributed by atoms with E-state index in [9.17, 15) is 8.42 Å². The lowest BCUT2D eigenvalue weighted by molar-refractivity contribution is 0.509. The van der Waals surface area contributed by atoms with E-state index in [1.165, 1.54) is 30.9 Å². The van der Waals surface area contributed by atoms with Crippen LogP contribution >= 0.6 is 11.8 Å². The van der Waals surface area contributed by atoms with Crippen molar-refractivity contribution in [2.45, 2.75) is 37.0 Å². The van der Waals surface area contributed by atoms with Crippen molar-refractivity contribution >= 4 is 21.6 Å².